The minimum atomic E-state index is 0.588. The van der Waals surface area contributed by atoms with E-state index in [-0.39, 0.29) is 0 Å². The lowest BCUT2D eigenvalue weighted by molar-refractivity contribution is 0.737. The molecule has 1 atom stereocenters. The molecule has 1 aromatic carbocycles. The molecular formula is C40H52. The molecule has 0 bridgehead atoms. The lowest BCUT2D eigenvalue weighted by Crippen LogP contribution is -1.89. The van der Waals surface area contributed by atoms with Gasteiger partial charge in [0, 0.05) is 0 Å². The Kier molecular flexibility index (Phi) is 16.7. The third kappa shape index (κ3) is 15.7. The second-order valence-corrected chi connectivity index (χ2v) is 11.1. The summed E-state index contributed by atoms with van der Waals surface area (Å²) in [5.74, 6) is 0.588. The Labute approximate surface area is 246 Å². The highest BCUT2D eigenvalue weighted by atomic mass is 14.1. The van der Waals surface area contributed by atoms with Crippen molar-refractivity contribution in [2.45, 2.75) is 75.7 Å². The highest BCUT2D eigenvalue weighted by Crippen LogP contribution is 2.19. The fourth-order valence-electron chi connectivity index (χ4n) is 4.02. The van der Waals surface area contributed by atoms with Gasteiger partial charge in [0.1, 0.15) is 0 Å². The first-order valence-corrected chi connectivity index (χ1v) is 14.4. The summed E-state index contributed by atoms with van der Waals surface area (Å²) in [6, 6.07) is 4.39. The largest absolute Gasteiger partial charge is 0.0837 e. The summed E-state index contributed by atoms with van der Waals surface area (Å²) in [4.78, 5) is 0. The Bertz CT molecular complexity index is 1280. The predicted octanol–water partition coefficient (Wildman–Crippen LogP) is 12.2. The second-order valence-electron chi connectivity index (χ2n) is 11.1. The number of allylic oxidation sites excluding steroid dienone is 21. The monoisotopic (exact) mass is 532 g/mol. The highest BCUT2D eigenvalue weighted by molar-refractivity contribution is 5.61. The minimum absolute atomic E-state index is 0.588. The van der Waals surface area contributed by atoms with Gasteiger partial charge < -0.3 is 0 Å². The highest BCUT2D eigenvalue weighted by Gasteiger charge is 2.01. The molecule has 0 heteroatoms. The van der Waals surface area contributed by atoms with E-state index in [1.165, 1.54) is 50.1 Å². The summed E-state index contributed by atoms with van der Waals surface area (Å²) in [6.45, 7) is 21.6. The molecule has 40 heavy (non-hydrogen) atoms. The molecule has 0 aliphatic heterocycles. The van der Waals surface area contributed by atoms with Crippen LogP contribution in [0.2, 0.25) is 0 Å². The quantitative estimate of drug-likeness (QED) is 0.175. The molecule has 0 saturated heterocycles. The molecule has 1 aromatic rings. The summed E-state index contributed by atoms with van der Waals surface area (Å²) in [5.41, 5.74) is 11.6. The third-order valence-corrected chi connectivity index (χ3v) is 6.51. The molecule has 0 heterocycles. The van der Waals surface area contributed by atoms with Gasteiger partial charge in [-0.05, 0) is 96.9 Å². The van der Waals surface area contributed by atoms with E-state index in [0.717, 1.165) is 6.42 Å². The molecule has 0 aromatic heterocycles. The first-order chi connectivity index (χ1) is 19.0. The topological polar surface area (TPSA) is 0 Å². The lowest BCUT2D eigenvalue weighted by Gasteiger charge is -2.08. The van der Waals surface area contributed by atoms with Crippen LogP contribution >= 0.6 is 0 Å². The molecule has 0 fully saturated rings. The van der Waals surface area contributed by atoms with E-state index in [1.54, 1.807) is 0 Å². The third-order valence-electron chi connectivity index (χ3n) is 6.51. The average Bonchev–Trinajstić information content (AvgIpc) is 2.88. The molecule has 0 aliphatic rings. The smallest absolute Gasteiger partial charge is 0.0195 e. The molecule has 0 N–H and O–H groups in total. The van der Waals surface area contributed by atoms with Gasteiger partial charge >= 0.3 is 0 Å². The second kappa shape index (κ2) is 19.4. The van der Waals surface area contributed by atoms with Gasteiger partial charge in [0.25, 0.3) is 0 Å². The van der Waals surface area contributed by atoms with Gasteiger partial charge in [0.2, 0.25) is 0 Å². The van der Waals surface area contributed by atoms with Crippen molar-refractivity contribution < 1.29 is 0 Å². The maximum atomic E-state index is 2.32. The first kappa shape index (κ1) is 34.4. The fraction of sp³-hybridized carbons (Fsp3) is 0.300. The SMILES string of the molecule is CC(C)=CC(C)CC=CC(C)=CC=CC=CC(C)=CC=CC=C(C)C=CC=C(C)C=Cc1c(C)ccc(C)c1C. The van der Waals surface area contributed by atoms with E-state index in [1.807, 2.05) is 0 Å². The number of benzene rings is 1. The van der Waals surface area contributed by atoms with Crippen LogP contribution in [-0.2, 0) is 0 Å². The van der Waals surface area contributed by atoms with Crippen molar-refractivity contribution in [3.63, 3.8) is 0 Å². The predicted molar refractivity (Wildman–Crippen MR) is 184 cm³/mol. The van der Waals surface area contributed by atoms with Crippen molar-refractivity contribution in [1.82, 2.24) is 0 Å². The van der Waals surface area contributed by atoms with E-state index >= 15 is 0 Å². The molecule has 0 saturated carbocycles. The molecule has 0 aliphatic carbocycles. The zero-order valence-electron chi connectivity index (χ0n) is 26.8. The Morgan fingerprint density at radius 3 is 1.73 bits per heavy atom. The van der Waals surface area contributed by atoms with Crippen LogP contribution in [-0.4, -0.2) is 0 Å². The van der Waals surface area contributed by atoms with Gasteiger partial charge in [0.15, 0.2) is 0 Å². The number of rotatable bonds is 13. The number of hydrogen-bond acceptors (Lipinski definition) is 0. The van der Waals surface area contributed by atoms with E-state index < -0.39 is 0 Å². The standard InChI is InChI=1S/C40H52/c1-31(2)30-36(7)25-17-23-33(4)19-13-11-12-18-32(3)20-14-15-21-34(5)22-16-24-35(6)26-29-40-38(9)28-27-37(8)39(40)10/h11-24,26-30,36H,25H2,1-10H3. The van der Waals surface area contributed by atoms with E-state index in [2.05, 4.69) is 185 Å². The minimum Gasteiger partial charge on any atom is -0.0837 e. The zero-order valence-corrected chi connectivity index (χ0v) is 26.8. The summed E-state index contributed by atoms with van der Waals surface area (Å²) in [5, 5.41) is 0. The Morgan fingerprint density at radius 2 is 1.10 bits per heavy atom. The maximum Gasteiger partial charge on any atom is -0.0195 e. The van der Waals surface area contributed by atoms with Gasteiger partial charge in [-0.1, -0.05) is 150 Å². The van der Waals surface area contributed by atoms with Gasteiger partial charge in [0.05, 0.1) is 0 Å². The Balaban J connectivity index is 2.56. The van der Waals surface area contributed by atoms with E-state index in [4.69, 9.17) is 0 Å². The van der Waals surface area contributed by atoms with Gasteiger partial charge in [-0.15, -0.1) is 0 Å². The van der Waals surface area contributed by atoms with E-state index in [0.29, 0.717) is 5.92 Å². The molecule has 212 valence electrons. The number of hydrogen-bond donors (Lipinski definition) is 0. The summed E-state index contributed by atoms with van der Waals surface area (Å²) in [6.07, 6.45) is 37.6. The van der Waals surface area contributed by atoms with Crippen molar-refractivity contribution in [3.8, 4) is 0 Å². The zero-order chi connectivity index (χ0) is 29.9. The van der Waals surface area contributed by atoms with E-state index in [9.17, 15) is 0 Å². The molecule has 0 radical (unpaired) electrons. The van der Waals surface area contributed by atoms with Gasteiger partial charge in [-0.25, -0.2) is 0 Å². The summed E-state index contributed by atoms with van der Waals surface area (Å²) < 4.78 is 0. The summed E-state index contributed by atoms with van der Waals surface area (Å²) in [7, 11) is 0. The molecule has 1 rings (SSSR count). The maximum absolute atomic E-state index is 2.32. The molecule has 0 amide bonds. The Morgan fingerprint density at radius 1 is 0.600 bits per heavy atom. The van der Waals surface area contributed by atoms with Gasteiger partial charge in [-0.2, -0.15) is 0 Å². The normalized spacial score (nSPS) is 15.2. The fourth-order valence-corrected chi connectivity index (χ4v) is 4.02. The van der Waals surface area contributed by atoms with Crippen LogP contribution in [0.3, 0.4) is 0 Å². The van der Waals surface area contributed by atoms with Crippen LogP contribution in [0.1, 0.15) is 77.1 Å². The average molecular weight is 533 g/mol. The Hall–Kier alpha value is -3.64. The summed E-state index contributed by atoms with van der Waals surface area (Å²) >= 11 is 0. The van der Waals surface area contributed by atoms with Crippen LogP contribution < -0.4 is 0 Å². The van der Waals surface area contributed by atoms with Crippen molar-refractivity contribution in [2.75, 3.05) is 0 Å². The van der Waals surface area contributed by atoms with Crippen molar-refractivity contribution in [1.29, 1.82) is 0 Å². The van der Waals surface area contributed by atoms with Crippen LogP contribution in [0.4, 0.5) is 0 Å². The van der Waals surface area contributed by atoms with Crippen molar-refractivity contribution in [3.05, 3.63) is 159 Å². The first-order valence-electron chi connectivity index (χ1n) is 14.4. The van der Waals surface area contributed by atoms with Crippen molar-refractivity contribution in [2.24, 2.45) is 5.92 Å². The molecule has 0 spiro atoms. The van der Waals surface area contributed by atoms with Crippen molar-refractivity contribution >= 4 is 6.08 Å². The van der Waals surface area contributed by atoms with Gasteiger partial charge in [-0.3, -0.25) is 0 Å². The van der Waals surface area contributed by atoms with Crippen LogP contribution in [0.5, 0.6) is 0 Å². The van der Waals surface area contributed by atoms with Crippen LogP contribution in [0, 0.1) is 26.7 Å². The molecule has 0 nitrogen and oxygen atoms in total. The lowest BCUT2D eigenvalue weighted by atomic mass is 9.97. The number of aryl methyl sites for hydroxylation is 2. The molecule has 1 unspecified atom stereocenters. The van der Waals surface area contributed by atoms with Crippen LogP contribution in [0.25, 0.3) is 6.08 Å². The van der Waals surface area contributed by atoms with Crippen LogP contribution in [0.15, 0.2) is 137 Å². The molecular weight excluding hydrogens is 480 g/mol.